The Bertz CT molecular complexity index is 635. The van der Waals surface area contributed by atoms with Crippen molar-refractivity contribution in [2.75, 3.05) is 0 Å². The van der Waals surface area contributed by atoms with Crippen molar-refractivity contribution < 1.29 is 4.79 Å². The van der Waals surface area contributed by atoms with Gasteiger partial charge in [0.05, 0.1) is 5.54 Å². The third kappa shape index (κ3) is 4.42. The summed E-state index contributed by atoms with van der Waals surface area (Å²) in [7, 11) is 0. The number of carbonyl (C=O) groups is 1. The van der Waals surface area contributed by atoms with Crippen LogP contribution in [0.5, 0.6) is 0 Å². The number of rotatable bonds is 4. The summed E-state index contributed by atoms with van der Waals surface area (Å²) in [6.07, 6.45) is 3.77. The second-order valence-electron chi connectivity index (χ2n) is 6.97. The minimum Gasteiger partial charge on any atom is -0.343 e. The molecule has 3 nitrogen and oxygen atoms in total. The molecule has 0 spiro atoms. The first-order chi connectivity index (χ1) is 11.6. The number of hydrogen-bond donors (Lipinski definition) is 2. The number of amides is 1. The molecule has 3 N–H and O–H groups in total. The highest BCUT2D eigenvalue weighted by Gasteiger charge is 2.34. The highest BCUT2D eigenvalue weighted by atomic mass is 35.5. The van der Waals surface area contributed by atoms with Crippen LogP contribution in [0.3, 0.4) is 0 Å². The van der Waals surface area contributed by atoms with Crippen LogP contribution in [-0.2, 0) is 10.3 Å². The minimum absolute atomic E-state index is 0. The van der Waals surface area contributed by atoms with Crippen LogP contribution in [0.15, 0.2) is 60.7 Å². The zero-order valence-corrected chi connectivity index (χ0v) is 15.5. The van der Waals surface area contributed by atoms with Gasteiger partial charge in [0, 0.05) is 12.0 Å². The molecular weight excluding hydrogens is 332 g/mol. The lowest BCUT2D eigenvalue weighted by Crippen LogP contribution is -2.48. The van der Waals surface area contributed by atoms with E-state index in [-0.39, 0.29) is 30.3 Å². The summed E-state index contributed by atoms with van der Waals surface area (Å²) < 4.78 is 0. The second-order valence-corrected chi connectivity index (χ2v) is 6.97. The molecule has 3 rings (SSSR count). The smallest absolute Gasteiger partial charge is 0.224 e. The summed E-state index contributed by atoms with van der Waals surface area (Å²) in [6.45, 7) is 2.08. The van der Waals surface area contributed by atoms with Gasteiger partial charge in [-0.2, -0.15) is 0 Å². The Hall–Kier alpha value is -1.84. The molecule has 0 radical (unpaired) electrons. The van der Waals surface area contributed by atoms with E-state index in [0.29, 0.717) is 0 Å². The monoisotopic (exact) mass is 358 g/mol. The van der Waals surface area contributed by atoms with Gasteiger partial charge in [-0.25, -0.2) is 0 Å². The summed E-state index contributed by atoms with van der Waals surface area (Å²) in [6, 6.07) is 20.5. The van der Waals surface area contributed by atoms with E-state index in [9.17, 15) is 4.79 Å². The van der Waals surface area contributed by atoms with Crippen LogP contribution < -0.4 is 11.1 Å². The Morgan fingerprint density at radius 2 is 1.52 bits per heavy atom. The van der Waals surface area contributed by atoms with Crippen molar-refractivity contribution in [3.8, 4) is 0 Å². The maximum Gasteiger partial charge on any atom is 0.224 e. The SMILES string of the molecule is CC(NC(=O)C1CCCC(N)C1)(c1ccccc1)c1ccccc1.Cl. The molecule has 25 heavy (non-hydrogen) atoms. The zero-order valence-electron chi connectivity index (χ0n) is 14.7. The van der Waals surface area contributed by atoms with Crippen molar-refractivity contribution >= 4 is 18.3 Å². The molecule has 0 saturated heterocycles. The lowest BCUT2D eigenvalue weighted by Gasteiger charge is -2.35. The molecule has 1 fully saturated rings. The van der Waals surface area contributed by atoms with E-state index in [0.717, 1.165) is 36.8 Å². The topological polar surface area (TPSA) is 55.1 Å². The second kappa shape index (κ2) is 8.50. The Kier molecular flexibility index (Phi) is 6.63. The summed E-state index contributed by atoms with van der Waals surface area (Å²) in [4.78, 5) is 12.9. The van der Waals surface area contributed by atoms with Crippen LogP contribution in [0.4, 0.5) is 0 Å². The summed E-state index contributed by atoms with van der Waals surface area (Å²) in [5.41, 5.74) is 7.70. The molecule has 2 atom stereocenters. The van der Waals surface area contributed by atoms with Gasteiger partial charge >= 0.3 is 0 Å². The molecule has 1 aliphatic rings. The van der Waals surface area contributed by atoms with Crippen molar-refractivity contribution in [3.05, 3.63) is 71.8 Å². The average Bonchev–Trinajstić information content (AvgIpc) is 2.63. The highest BCUT2D eigenvalue weighted by Crippen LogP contribution is 2.31. The third-order valence-corrected chi connectivity index (χ3v) is 5.16. The van der Waals surface area contributed by atoms with Gasteiger partial charge in [0.25, 0.3) is 0 Å². The fourth-order valence-corrected chi connectivity index (χ4v) is 3.67. The minimum atomic E-state index is -0.541. The molecule has 2 aromatic rings. The first-order valence-electron chi connectivity index (χ1n) is 8.78. The van der Waals surface area contributed by atoms with Crippen LogP contribution >= 0.6 is 12.4 Å². The summed E-state index contributed by atoms with van der Waals surface area (Å²) >= 11 is 0. The molecule has 4 heteroatoms. The van der Waals surface area contributed by atoms with Gasteiger partial charge in [-0.1, -0.05) is 67.1 Å². The van der Waals surface area contributed by atoms with Crippen molar-refractivity contribution in [1.82, 2.24) is 5.32 Å². The molecule has 1 amide bonds. The highest BCUT2D eigenvalue weighted by molar-refractivity contribution is 5.85. The van der Waals surface area contributed by atoms with E-state index in [1.54, 1.807) is 0 Å². The zero-order chi connectivity index (χ0) is 17.0. The van der Waals surface area contributed by atoms with Gasteiger partial charge in [0.1, 0.15) is 0 Å². The molecule has 0 bridgehead atoms. The Labute approximate surface area is 156 Å². The summed E-state index contributed by atoms with van der Waals surface area (Å²) in [5, 5.41) is 3.32. The van der Waals surface area contributed by atoms with Crippen LogP contribution in [0.1, 0.15) is 43.7 Å². The average molecular weight is 359 g/mol. The van der Waals surface area contributed by atoms with Gasteiger partial charge in [-0.05, 0) is 37.3 Å². The van der Waals surface area contributed by atoms with Crippen molar-refractivity contribution in [2.45, 2.75) is 44.2 Å². The van der Waals surface area contributed by atoms with Gasteiger partial charge in [0.15, 0.2) is 0 Å². The van der Waals surface area contributed by atoms with E-state index in [1.807, 2.05) is 36.4 Å². The Balaban J connectivity index is 0.00000225. The van der Waals surface area contributed by atoms with Crippen LogP contribution in [0, 0.1) is 5.92 Å². The predicted octanol–water partition coefficient (Wildman–Crippen LogP) is 4.01. The number of halogens is 1. The molecule has 2 unspecified atom stereocenters. The van der Waals surface area contributed by atoms with E-state index < -0.39 is 5.54 Å². The lowest BCUT2D eigenvalue weighted by atomic mass is 9.81. The van der Waals surface area contributed by atoms with Gasteiger partial charge in [-0.15, -0.1) is 12.4 Å². The number of nitrogens with one attached hydrogen (secondary N) is 1. The number of hydrogen-bond acceptors (Lipinski definition) is 2. The fourth-order valence-electron chi connectivity index (χ4n) is 3.67. The number of nitrogens with two attached hydrogens (primary N) is 1. The lowest BCUT2D eigenvalue weighted by molar-refractivity contribution is -0.127. The molecule has 1 aliphatic carbocycles. The fraction of sp³-hybridized carbons (Fsp3) is 0.381. The molecule has 2 aromatic carbocycles. The first-order valence-corrected chi connectivity index (χ1v) is 8.78. The first kappa shape index (κ1) is 19.5. The van der Waals surface area contributed by atoms with Crippen molar-refractivity contribution in [1.29, 1.82) is 0 Å². The number of carbonyl (C=O) groups excluding carboxylic acids is 1. The largest absolute Gasteiger partial charge is 0.343 e. The van der Waals surface area contributed by atoms with E-state index in [1.165, 1.54) is 0 Å². The number of benzene rings is 2. The maximum atomic E-state index is 12.9. The summed E-state index contributed by atoms with van der Waals surface area (Å²) in [5.74, 6) is 0.126. The molecule has 0 aliphatic heterocycles. The third-order valence-electron chi connectivity index (χ3n) is 5.16. The van der Waals surface area contributed by atoms with Gasteiger partial charge < -0.3 is 11.1 Å². The van der Waals surface area contributed by atoms with Crippen molar-refractivity contribution in [2.24, 2.45) is 11.7 Å². The van der Waals surface area contributed by atoms with E-state index in [2.05, 4.69) is 36.5 Å². The Morgan fingerprint density at radius 3 is 2.00 bits per heavy atom. The van der Waals surface area contributed by atoms with Crippen LogP contribution in [0.2, 0.25) is 0 Å². The van der Waals surface area contributed by atoms with Gasteiger partial charge in [0.2, 0.25) is 5.91 Å². The molecule has 1 saturated carbocycles. The quantitative estimate of drug-likeness (QED) is 0.867. The van der Waals surface area contributed by atoms with Crippen LogP contribution in [0.25, 0.3) is 0 Å². The van der Waals surface area contributed by atoms with Gasteiger partial charge in [-0.3, -0.25) is 4.79 Å². The Morgan fingerprint density at radius 1 is 1.00 bits per heavy atom. The molecule has 0 aromatic heterocycles. The normalized spacial score (nSPS) is 20.4. The molecule has 0 heterocycles. The standard InChI is InChI=1S/C21H26N2O.ClH/c1-21(17-10-4-2-5-11-17,18-12-6-3-7-13-18)23-20(24)16-9-8-14-19(22)15-16;/h2-7,10-13,16,19H,8-9,14-15,22H2,1H3,(H,23,24);1H. The molecular formula is C21H27ClN2O. The van der Waals surface area contributed by atoms with Crippen molar-refractivity contribution in [3.63, 3.8) is 0 Å². The predicted molar refractivity (Wildman–Crippen MR) is 105 cm³/mol. The molecule has 134 valence electrons. The van der Waals surface area contributed by atoms with Crippen LogP contribution in [-0.4, -0.2) is 11.9 Å². The maximum absolute atomic E-state index is 12.9. The van der Waals surface area contributed by atoms with E-state index in [4.69, 9.17) is 5.73 Å². The van der Waals surface area contributed by atoms with E-state index >= 15 is 0 Å².